The summed E-state index contributed by atoms with van der Waals surface area (Å²) in [6, 6.07) is 1.78. The minimum Gasteiger partial charge on any atom is -1.00 e. The molecule has 0 amide bonds. The number of aryl methyl sites for hydroxylation is 1. The summed E-state index contributed by atoms with van der Waals surface area (Å²) >= 11 is 0. The first-order valence-electron chi connectivity index (χ1n) is 5.83. The Labute approximate surface area is 126 Å². The lowest BCUT2D eigenvalue weighted by molar-refractivity contribution is -0.750. The molecule has 1 unspecified atom stereocenters. The third-order valence-corrected chi connectivity index (χ3v) is 3.82. The molecular weight excluding hydrogens is 349 g/mol. The van der Waals surface area contributed by atoms with Gasteiger partial charge < -0.3 is 30.8 Å². The van der Waals surface area contributed by atoms with Crippen molar-refractivity contribution in [1.29, 1.82) is 0 Å². The molecule has 0 aliphatic heterocycles. The van der Waals surface area contributed by atoms with Gasteiger partial charge in [0.2, 0.25) is 5.89 Å². The second-order valence-electron chi connectivity index (χ2n) is 3.79. The first-order chi connectivity index (χ1) is 9.11. The van der Waals surface area contributed by atoms with E-state index in [0.29, 0.717) is 12.4 Å². The number of halogens is 1. The van der Waals surface area contributed by atoms with Crippen molar-refractivity contribution in [3.05, 3.63) is 30.9 Å². The van der Waals surface area contributed by atoms with Gasteiger partial charge in [-0.3, -0.25) is 4.57 Å². The number of aromatic nitrogens is 3. The summed E-state index contributed by atoms with van der Waals surface area (Å²) in [5, 5.41) is 4.13. The second kappa shape index (κ2) is 7.64. The number of hydrogen-bond acceptors (Lipinski definition) is 5. The highest BCUT2D eigenvalue weighted by Gasteiger charge is 2.21. The predicted molar refractivity (Wildman–Crippen MR) is 66.2 cm³/mol. The molecule has 0 aromatic carbocycles. The van der Waals surface area contributed by atoms with Crippen LogP contribution in [0.25, 0.3) is 11.5 Å². The SMILES string of the molecule is CCOP(=O)(O)CC[n+]1ccc(-c2ncco2)cn1.[Br-]. The van der Waals surface area contributed by atoms with Gasteiger partial charge in [-0.25, -0.2) is 4.98 Å². The molecule has 0 spiro atoms. The maximum absolute atomic E-state index is 11.5. The molecule has 20 heavy (non-hydrogen) atoms. The normalized spacial score (nSPS) is 13.5. The van der Waals surface area contributed by atoms with Crippen molar-refractivity contribution in [2.24, 2.45) is 0 Å². The fourth-order valence-electron chi connectivity index (χ4n) is 1.50. The number of hydrogen-bond donors (Lipinski definition) is 1. The molecule has 7 nitrogen and oxygen atoms in total. The molecular formula is C11H15BrN3O4P. The first kappa shape index (κ1) is 17.0. The summed E-state index contributed by atoms with van der Waals surface area (Å²) in [6.07, 6.45) is 6.36. The summed E-state index contributed by atoms with van der Waals surface area (Å²) in [5.41, 5.74) is 0.748. The van der Waals surface area contributed by atoms with Gasteiger partial charge >= 0.3 is 7.60 Å². The molecule has 1 atom stereocenters. The molecule has 0 bridgehead atoms. The van der Waals surface area contributed by atoms with Crippen molar-refractivity contribution < 1.29 is 40.1 Å². The van der Waals surface area contributed by atoms with Crippen LogP contribution in [0.1, 0.15) is 6.92 Å². The summed E-state index contributed by atoms with van der Waals surface area (Å²) in [6.45, 7) is 2.20. The highest BCUT2D eigenvalue weighted by molar-refractivity contribution is 7.52. The lowest BCUT2D eigenvalue weighted by atomic mass is 10.3. The van der Waals surface area contributed by atoms with E-state index in [1.165, 1.54) is 6.26 Å². The summed E-state index contributed by atoms with van der Waals surface area (Å²) in [4.78, 5) is 13.5. The molecule has 9 heteroatoms. The Bertz CT molecular complexity index is 562. The summed E-state index contributed by atoms with van der Waals surface area (Å²) in [7, 11) is -3.51. The highest BCUT2D eigenvalue weighted by atomic mass is 79.9. The van der Waals surface area contributed by atoms with E-state index in [0.717, 1.165) is 5.56 Å². The van der Waals surface area contributed by atoms with Crippen LogP contribution < -0.4 is 21.7 Å². The minimum absolute atomic E-state index is 0. The molecule has 0 fully saturated rings. The van der Waals surface area contributed by atoms with Crippen molar-refractivity contribution in [2.45, 2.75) is 13.5 Å². The van der Waals surface area contributed by atoms with E-state index < -0.39 is 7.60 Å². The van der Waals surface area contributed by atoms with Gasteiger partial charge in [0, 0.05) is 6.07 Å². The third-order valence-electron chi connectivity index (χ3n) is 2.39. The summed E-state index contributed by atoms with van der Waals surface area (Å²) < 4.78 is 23.0. The van der Waals surface area contributed by atoms with Gasteiger partial charge in [-0.05, 0) is 12.0 Å². The van der Waals surface area contributed by atoms with E-state index >= 15 is 0 Å². The van der Waals surface area contributed by atoms with Crippen LogP contribution in [-0.4, -0.2) is 27.7 Å². The molecule has 0 radical (unpaired) electrons. The fourth-order valence-corrected chi connectivity index (χ4v) is 2.49. The van der Waals surface area contributed by atoms with Gasteiger partial charge in [0.1, 0.15) is 18.6 Å². The monoisotopic (exact) mass is 363 g/mol. The van der Waals surface area contributed by atoms with Crippen molar-refractivity contribution in [3.8, 4) is 11.5 Å². The van der Waals surface area contributed by atoms with Gasteiger partial charge in [0.15, 0.2) is 12.7 Å². The zero-order valence-corrected chi connectivity index (χ0v) is 13.3. The predicted octanol–water partition coefficient (Wildman–Crippen LogP) is -1.75. The van der Waals surface area contributed by atoms with Gasteiger partial charge in [-0.2, -0.15) is 0 Å². The molecule has 0 saturated heterocycles. The van der Waals surface area contributed by atoms with Crippen LogP contribution >= 0.6 is 7.60 Å². The minimum atomic E-state index is -3.51. The van der Waals surface area contributed by atoms with Crippen molar-refractivity contribution in [1.82, 2.24) is 10.1 Å². The summed E-state index contributed by atoms with van der Waals surface area (Å²) in [5.74, 6) is 0.488. The van der Waals surface area contributed by atoms with Crippen molar-refractivity contribution >= 4 is 7.60 Å². The van der Waals surface area contributed by atoms with E-state index in [2.05, 4.69) is 10.1 Å². The van der Waals surface area contributed by atoms with E-state index in [9.17, 15) is 9.46 Å². The Morgan fingerprint density at radius 1 is 1.55 bits per heavy atom. The van der Waals surface area contributed by atoms with Crippen LogP contribution in [0.3, 0.4) is 0 Å². The first-order valence-corrected chi connectivity index (χ1v) is 7.59. The highest BCUT2D eigenvalue weighted by Crippen LogP contribution is 2.40. The molecule has 2 aromatic rings. The number of oxazole rings is 1. The Kier molecular flexibility index (Phi) is 6.48. The number of rotatable bonds is 6. The van der Waals surface area contributed by atoms with Gasteiger partial charge in [0.25, 0.3) is 0 Å². The van der Waals surface area contributed by atoms with E-state index in [1.807, 2.05) is 0 Å². The van der Waals surface area contributed by atoms with Crippen LogP contribution in [-0.2, 0) is 15.6 Å². The van der Waals surface area contributed by atoms with Crippen LogP contribution in [0.4, 0.5) is 0 Å². The Balaban J connectivity index is 0.00000200. The van der Waals surface area contributed by atoms with E-state index in [-0.39, 0.29) is 29.8 Å². The Morgan fingerprint density at radius 3 is 2.90 bits per heavy atom. The largest absolute Gasteiger partial charge is 1.00 e. The van der Waals surface area contributed by atoms with Crippen molar-refractivity contribution in [3.63, 3.8) is 0 Å². The molecule has 2 rings (SSSR count). The Morgan fingerprint density at radius 2 is 2.35 bits per heavy atom. The maximum Gasteiger partial charge on any atom is 0.334 e. The van der Waals surface area contributed by atoms with Gasteiger partial charge in [0.05, 0.1) is 18.4 Å². The maximum atomic E-state index is 11.5. The fraction of sp³-hybridized carbons (Fsp3) is 0.364. The lowest BCUT2D eigenvalue weighted by Crippen LogP contribution is -3.00. The molecule has 2 heterocycles. The number of nitrogens with zero attached hydrogens (tertiary/aromatic N) is 3. The van der Waals surface area contributed by atoms with Gasteiger partial charge in [-0.15, -0.1) is 0 Å². The zero-order chi connectivity index (χ0) is 13.7. The van der Waals surface area contributed by atoms with Crippen LogP contribution in [0, 0.1) is 0 Å². The third kappa shape index (κ3) is 4.79. The molecule has 110 valence electrons. The van der Waals surface area contributed by atoms with Crippen LogP contribution in [0.2, 0.25) is 0 Å². The molecule has 0 aliphatic carbocycles. The average molecular weight is 364 g/mol. The van der Waals surface area contributed by atoms with Gasteiger partial charge in [-0.1, -0.05) is 4.68 Å². The smallest absolute Gasteiger partial charge is 0.334 e. The van der Waals surface area contributed by atoms with Crippen LogP contribution in [0.15, 0.2) is 35.3 Å². The molecule has 0 aliphatic rings. The Hall–Kier alpha value is -1.08. The van der Waals surface area contributed by atoms with E-state index in [4.69, 9.17) is 8.94 Å². The second-order valence-corrected chi connectivity index (χ2v) is 5.78. The van der Waals surface area contributed by atoms with Crippen LogP contribution in [0.5, 0.6) is 0 Å². The van der Waals surface area contributed by atoms with Crippen molar-refractivity contribution in [2.75, 3.05) is 12.8 Å². The van der Waals surface area contributed by atoms with E-state index in [1.54, 1.807) is 36.3 Å². The molecule has 1 N–H and O–H groups in total. The topological polar surface area (TPSA) is 89.3 Å². The average Bonchev–Trinajstić information content (AvgIpc) is 2.91. The zero-order valence-electron chi connectivity index (χ0n) is 10.8. The quantitative estimate of drug-likeness (QED) is 0.483. The standard InChI is InChI=1S/C11H14N3O4P.BrH/c1-2-18-19(15,16)8-6-14-5-3-10(9-13-14)11-12-4-7-17-11;/h3-5,7,9H,2,6,8H2,1H3;1H. The molecule has 2 aromatic heterocycles. The lowest BCUT2D eigenvalue weighted by Gasteiger charge is -2.07. The molecule has 0 saturated carbocycles.